The number of aryl methyl sites for hydroxylation is 1. The molecule has 0 aliphatic rings. The van der Waals surface area contributed by atoms with E-state index in [1.165, 1.54) is 0 Å². The first-order valence-corrected chi connectivity index (χ1v) is 10.6. The van der Waals surface area contributed by atoms with Crippen molar-refractivity contribution in [3.8, 4) is 11.1 Å². The van der Waals surface area contributed by atoms with Gasteiger partial charge < -0.3 is 20.6 Å². The van der Waals surface area contributed by atoms with Crippen molar-refractivity contribution in [1.29, 1.82) is 0 Å². The van der Waals surface area contributed by atoms with Crippen molar-refractivity contribution in [2.45, 2.75) is 26.8 Å². The molecular weight excluding hydrogens is 406 g/mol. The second-order valence-electron chi connectivity index (χ2n) is 7.41. The molecule has 8 nitrogen and oxygen atoms in total. The Balaban J connectivity index is 1.88. The van der Waals surface area contributed by atoms with Gasteiger partial charge in [0.25, 0.3) is 0 Å². The van der Waals surface area contributed by atoms with Crippen LogP contribution in [0.4, 0.5) is 5.82 Å². The molecule has 3 aromatic rings. The minimum absolute atomic E-state index is 0.0699. The predicted octanol–water partition coefficient (Wildman–Crippen LogP) is 3.77. The quantitative estimate of drug-likeness (QED) is 0.174. The average Bonchev–Trinajstić information content (AvgIpc) is 3.20. The molecular formula is C24H29N5O3. The molecule has 0 saturated carbocycles. The zero-order valence-corrected chi connectivity index (χ0v) is 18.7. The highest BCUT2D eigenvalue weighted by molar-refractivity contribution is 6.03. The minimum Gasteiger partial charge on any atom is -0.462 e. The lowest BCUT2D eigenvalue weighted by molar-refractivity contribution is 0.0527. The SMILES string of the molecule is CCCN(Cc1ccc(-c2ccccc2/C(N)=N/O)cc1)c1nn(C)cc1C(=O)OCC. The second-order valence-corrected chi connectivity index (χ2v) is 7.41. The van der Waals surface area contributed by atoms with Crippen molar-refractivity contribution in [1.82, 2.24) is 9.78 Å². The molecule has 32 heavy (non-hydrogen) atoms. The van der Waals surface area contributed by atoms with Crippen LogP contribution in [0.25, 0.3) is 11.1 Å². The van der Waals surface area contributed by atoms with Gasteiger partial charge in [-0.15, -0.1) is 0 Å². The number of carbonyl (C=O) groups excluding carboxylic acids is 1. The van der Waals surface area contributed by atoms with Crippen molar-refractivity contribution in [3.05, 3.63) is 71.4 Å². The molecule has 3 N–H and O–H groups in total. The number of anilines is 1. The molecule has 8 heteroatoms. The molecule has 3 rings (SSSR count). The van der Waals surface area contributed by atoms with Gasteiger partial charge in [-0.3, -0.25) is 4.68 Å². The van der Waals surface area contributed by atoms with Crippen LogP contribution >= 0.6 is 0 Å². The van der Waals surface area contributed by atoms with E-state index in [1.54, 1.807) is 24.9 Å². The van der Waals surface area contributed by atoms with E-state index in [9.17, 15) is 4.79 Å². The standard InChI is InChI=1S/C24H29N5O3/c1-4-14-29(23-21(16-28(3)26-23)24(30)32-5-2)15-17-10-12-18(13-11-17)19-8-6-7-9-20(19)22(25)27-31/h6-13,16,31H,4-5,14-15H2,1-3H3,(H2,25,27). The van der Waals surface area contributed by atoms with Gasteiger partial charge in [0.05, 0.1) is 6.61 Å². The van der Waals surface area contributed by atoms with Crippen LogP contribution in [-0.4, -0.2) is 39.9 Å². The van der Waals surface area contributed by atoms with Gasteiger partial charge in [0.1, 0.15) is 5.56 Å². The van der Waals surface area contributed by atoms with Gasteiger partial charge in [-0.25, -0.2) is 4.79 Å². The Morgan fingerprint density at radius 3 is 2.53 bits per heavy atom. The first-order valence-electron chi connectivity index (χ1n) is 10.6. The van der Waals surface area contributed by atoms with E-state index in [2.05, 4.69) is 22.1 Å². The average molecular weight is 436 g/mol. The second kappa shape index (κ2) is 10.5. The van der Waals surface area contributed by atoms with Crippen molar-refractivity contribution in [2.75, 3.05) is 18.1 Å². The van der Waals surface area contributed by atoms with Crippen molar-refractivity contribution in [3.63, 3.8) is 0 Å². The number of carbonyl (C=O) groups is 1. The zero-order valence-electron chi connectivity index (χ0n) is 18.7. The lowest BCUT2D eigenvalue weighted by Crippen LogP contribution is -2.26. The number of rotatable bonds is 9. The predicted molar refractivity (Wildman–Crippen MR) is 125 cm³/mol. The number of hydrogen-bond donors (Lipinski definition) is 2. The first kappa shape index (κ1) is 22.9. The molecule has 1 heterocycles. The lowest BCUT2D eigenvalue weighted by atomic mass is 9.98. The van der Waals surface area contributed by atoms with Crippen LogP contribution in [-0.2, 0) is 18.3 Å². The third-order valence-corrected chi connectivity index (χ3v) is 5.05. The summed E-state index contributed by atoms with van der Waals surface area (Å²) in [6, 6.07) is 15.6. The van der Waals surface area contributed by atoms with Crippen LogP contribution in [0.1, 0.15) is 41.8 Å². The highest BCUT2D eigenvalue weighted by atomic mass is 16.5. The number of hydrogen-bond acceptors (Lipinski definition) is 6. The summed E-state index contributed by atoms with van der Waals surface area (Å²) in [5, 5.41) is 16.7. The van der Waals surface area contributed by atoms with Crippen molar-refractivity contribution >= 4 is 17.6 Å². The highest BCUT2D eigenvalue weighted by Crippen LogP contribution is 2.26. The first-order chi connectivity index (χ1) is 15.5. The summed E-state index contributed by atoms with van der Waals surface area (Å²) in [5.74, 6) is 0.321. The fourth-order valence-corrected chi connectivity index (χ4v) is 3.62. The number of aromatic nitrogens is 2. The van der Waals surface area contributed by atoms with Gasteiger partial charge in [0, 0.05) is 31.9 Å². The molecule has 0 saturated heterocycles. The molecule has 0 fully saturated rings. The zero-order chi connectivity index (χ0) is 23.1. The summed E-state index contributed by atoms with van der Waals surface area (Å²) in [7, 11) is 1.80. The summed E-state index contributed by atoms with van der Waals surface area (Å²) in [5.41, 5.74) is 9.89. The molecule has 0 unspecified atom stereocenters. The third-order valence-electron chi connectivity index (χ3n) is 5.05. The van der Waals surface area contributed by atoms with Crippen molar-refractivity contribution < 1.29 is 14.7 Å². The van der Waals surface area contributed by atoms with Crippen LogP contribution < -0.4 is 10.6 Å². The molecule has 0 amide bonds. The molecule has 0 aliphatic carbocycles. The number of ether oxygens (including phenoxy) is 1. The summed E-state index contributed by atoms with van der Waals surface area (Å²) in [6.07, 6.45) is 2.60. The Bertz CT molecular complexity index is 1090. The summed E-state index contributed by atoms with van der Waals surface area (Å²) in [6.45, 7) is 5.54. The number of nitrogens with two attached hydrogens (primary N) is 1. The highest BCUT2D eigenvalue weighted by Gasteiger charge is 2.22. The van der Waals surface area contributed by atoms with E-state index >= 15 is 0 Å². The van der Waals surface area contributed by atoms with E-state index in [-0.39, 0.29) is 11.8 Å². The van der Waals surface area contributed by atoms with E-state index in [0.717, 1.165) is 29.7 Å². The monoisotopic (exact) mass is 435 g/mol. The maximum absolute atomic E-state index is 12.4. The molecule has 0 spiro atoms. The Labute approximate surface area is 187 Å². The molecule has 168 valence electrons. The van der Waals surface area contributed by atoms with E-state index in [0.29, 0.717) is 30.1 Å². The van der Waals surface area contributed by atoms with Gasteiger partial charge in [0.2, 0.25) is 0 Å². The Morgan fingerprint density at radius 2 is 1.88 bits per heavy atom. The molecule has 2 aromatic carbocycles. The maximum Gasteiger partial charge on any atom is 0.343 e. The van der Waals surface area contributed by atoms with Gasteiger partial charge in [-0.2, -0.15) is 5.10 Å². The van der Waals surface area contributed by atoms with Gasteiger partial charge in [-0.05, 0) is 30.0 Å². The number of nitrogens with zero attached hydrogens (tertiary/aromatic N) is 4. The third kappa shape index (κ3) is 5.08. The Kier molecular flexibility index (Phi) is 7.49. The maximum atomic E-state index is 12.4. The normalized spacial score (nSPS) is 11.4. The topological polar surface area (TPSA) is 106 Å². The van der Waals surface area contributed by atoms with Crippen LogP contribution in [0.3, 0.4) is 0 Å². The van der Waals surface area contributed by atoms with Gasteiger partial charge in [0.15, 0.2) is 11.7 Å². The number of benzene rings is 2. The van der Waals surface area contributed by atoms with Crippen LogP contribution in [0, 0.1) is 0 Å². The Morgan fingerprint density at radius 1 is 1.16 bits per heavy atom. The lowest BCUT2D eigenvalue weighted by Gasteiger charge is -2.23. The van der Waals surface area contributed by atoms with Gasteiger partial charge in [-0.1, -0.05) is 60.6 Å². The number of oxime groups is 1. The van der Waals surface area contributed by atoms with Crippen LogP contribution in [0.2, 0.25) is 0 Å². The molecule has 0 radical (unpaired) electrons. The summed E-state index contributed by atoms with van der Waals surface area (Å²) in [4.78, 5) is 14.5. The fourth-order valence-electron chi connectivity index (χ4n) is 3.62. The number of esters is 1. The molecule has 1 aromatic heterocycles. The summed E-state index contributed by atoms with van der Waals surface area (Å²) >= 11 is 0. The van der Waals surface area contributed by atoms with Crippen molar-refractivity contribution in [2.24, 2.45) is 17.9 Å². The molecule has 0 bridgehead atoms. The molecule has 0 aliphatic heterocycles. The van der Waals surface area contributed by atoms with Crippen LogP contribution in [0.15, 0.2) is 59.9 Å². The molecule has 0 atom stereocenters. The van der Waals surface area contributed by atoms with E-state index in [1.807, 2.05) is 48.5 Å². The smallest absolute Gasteiger partial charge is 0.343 e. The number of amidine groups is 1. The van der Waals surface area contributed by atoms with E-state index < -0.39 is 0 Å². The van der Waals surface area contributed by atoms with Gasteiger partial charge >= 0.3 is 5.97 Å². The summed E-state index contributed by atoms with van der Waals surface area (Å²) < 4.78 is 6.84. The minimum atomic E-state index is -0.369. The van der Waals surface area contributed by atoms with E-state index in [4.69, 9.17) is 15.7 Å². The fraction of sp³-hybridized carbons (Fsp3) is 0.292. The Hall–Kier alpha value is -3.81. The largest absolute Gasteiger partial charge is 0.462 e. The van der Waals surface area contributed by atoms with Crippen LogP contribution in [0.5, 0.6) is 0 Å².